The summed E-state index contributed by atoms with van der Waals surface area (Å²) in [6.45, 7) is 12.0. The molecule has 0 aromatic carbocycles. The fourth-order valence-electron chi connectivity index (χ4n) is 3.06. The van der Waals surface area contributed by atoms with Gasteiger partial charge in [-0.2, -0.15) is 0 Å². The number of hydrogen-bond donors (Lipinski definition) is 1. The zero-order valence-electron chi connectivity index (χ0n) is 13.4. The van der Waals surface area contributed by atoms with E-state index < -0.39 is 0 Å². The average molecular weight is 295 g/mol. The molecule has 1 fully saturated rings. The highest BCUT2D eigenvalue weighted by Crippen LogP contribution is 2.33. The summed E-state index contributed by atoms with van der Waals surface area (Å²) in [5.41, 5.74) is 7.08. The van der Waals surface area contributed by atoms with Crippen molar-refractivity contribution in [3.63, 3.8) is 0 Å². The van der Waals surface area contributed by atoms with Crippen LogP contribution >= 0.6 is 11.3 Å². The summed E-state index contributed by atoms with van der Waals surface area (Å²) in [7, 11) is 0. The fraction of sp³-hybridized carbons (Fsp3) is 0.812. The van der Waals surface area contributed by atoms with Gasteiger partial charge in [0.1, 0.15) is 0 Å². The molecule has 1 unspecified atom stereocenters. The Morgan fingerprint density at radius 2 is 2.00 bits per heavy atom. The van der Waals surface area contributed by atoms with Crippen molar-refractivity contribution in [2.24, 2.45) is 17.6 Å². The lowest BCUT2D eigenvalue weighted by atomic mass is 9.89. The molecule has 0 saturated carbocycles. The first-order valence-corrected chi connectivity index (χ1v) is 8.79. The van der Waals surface area contributed by atoms with Crippen molar-refractivity contribution in [2.75, 3.05) is 18.0 Å². The van der Waals surface area contributed by atoms with E-state index in [1.165, 1.54) is 35.0 Å². The lowest BCUT2D eigenvalue weighted by molar-refractivity contribution is 0.351. The van der Waals surface area contributed by atoms with E-state index in [0.29, 0.717) is 12.5 Å². The van der Waals surface area contributed by atoms with Gasteiger partial charge >= 0.3 is 0 Å². The Hall–Kier alpha value is -0.610. The van der Waals surface area contributed by atoms with Crippen LogP contribution in [-0.4, -0.2) is 18.1 Å². The number of rotatable bonds is 4. The minimum Gasteiger partial charge on any atom is -0.348 e. The number of nitrogens with zero attached hydrogens (tertiary/aromatic N) is 2. The van der Waals surface area contributed by atoms with E-state index in [1.54, 1.807) is 11.3 Å². The maximum atomic E-state index is 5.88. The van der Waals surface area contributed by atoms with E-state index in [1.807, 2.05) is 0 Å². The lowest BCUT2D eigenvalue weighted by Crippen LogP contribution is -2.24. The molecule has 2 rings (SSSR count). The molecular weight excluding hydrogens is 266 g/mol. The van der Waals surface area contributed by atoms with Crippen molar-refractivity contribution in [3.8, 4) is 0 Å². The number of thiazole rings is 1. The quantitative estimate of drug-likeness (QED) is 0.913. The Morgan fingerprint density at radius 3 is 2.55 bits per heavy atom. The Labute approximate surface area is 127 Å². The van der Waals surface area contributed by atoms with Crippen LogP contribution in [0, 0.1) is 11.8 Å². The highest BCUT2D eigenvalue weighted by molar-refractivity contribution is 7.15. The largest absolute Gasteiger partial charge is 0.348 e. The Kier molecular flexibility index (Phi) is 5.44. The van der Waals surface area contributed by atoms with Gasteiger partial charge in [0.15, 0.2) is 5.13 Å². The van der Waals surface area contributed by atoms with Gasteiger partial charge < -0.3 is 10.6 Å². The SMILES string of the molecule is CC(C)c1nc(N2CCCC(C(C)C)CC2)sc1CN. The van der Waals surface area contributed by atoms with Crippen LogP contribution in [0.1, 0.15) is 63.4 Å². The van der Waals surface area contributed by atoms with E-state index in [9.17, 15) is 0 Å². The molecule has 0 spiro atoms. The second kappa shape index (κ2) is 6.90. The highest BCUT2D eigenvalue weighted by atomic mass is 32.1. The molecule has 1 saturated heterocycles. The van der Waals surface area contributed by atoms with Crippen LogP contribution in [0.25, 0.3) is 0 Å². The predicted octanol–water partition coefficient (Wildman–Crippen LogP) is 3.99. The van der Waals surface area contributed by atoms with Gasteiger partial charge in [-0.25, -0.2) is 4.98 Å². The molecule has 0 aliphatic carbocycles. The van der Waals surface area contributed by atoms with Gasteiger partial charge in [0, 0.05) is 24.5 Å². The van der Waals surface area contributed by atoms with Crippen LogP contribution in [0.3, 0.4) is 0 Å². The third-order valence-corrected chi connectivity index (χ3v) is 5.59. The lowest BCUT2D eigenvalue weighted by Gasteiger charge is -2.20. The molecule has 20 heavy (non-hydrogen) atoms. The van der Waals surface area contributed by atoms with Crippen LogP contribution in [0.2, 0.25) is 0 Å². The minimum absolute atomic E-state index is 0.467. The second-order valence-corrected chi connectivity index (χ2v) is 7.65. The molecule has 2 N–H and O–H groups in total. The third-order valence-electron chi connectivity index (χ3n) is 4.43. The number of nitrogens with two attached hydrogens (primary N) is 1. The fourth-order valence-corrected chi connectivity index (χ4v) is 4.21. The van der Waals surface area contributed by atoms with Crippen molar-refractivity contribution in [3.05, 3.63) is 10.6 Å². The van der Waals surface area contributed by atoms with Gasteiger partial charge in [-0.3, -0.25) is 0 Å². The Balaban J connectivity index is 2.11. The zero-order valence-corrected chi connectivity index (χ0v) is 14.2. The number of anilines is 1. The van der Waals surface area contributed by atoms with Gasteiger partial charge in [0.05, 0.1) is 5.69 Å². The summed E-state index contributed by atoms with van der Waals surface area (Å²) in [6.07, 6.45) is 3.95. The van der Waals surface area contributed by atoms with Crippen LogP contribution in [0.4, 0.5) is 5.13 Å². The van der Waals surface area contributed by atoms with E-state index >= 15 is 0 Å². The molecular formula is C16H29N3S. The second-order valence-electron chi connectivity index (χ2n) is 6.59. The minimum atomic E-state index is 0.467. The van der Waals surface area contributed by atoms with Crippen molar-refractivity contribution in [1.29, 1.82) is 0 Å². The molecule has 1 aliphatic heterocycles. The monoisotopic (exact) mass is 295 g/mol. The van der Waals surface area contributed by atoms with Gasteiger partial charge in [0.2, 0.25) is 0 Å². The van der Waals surface area contributed by atoms with Gasteiger partial charge in [-0.05, 0) is 37.0 Å². The van der Waals surface area contributed by atoms with Crippen molar-refractivity contribution >= 4 is 16.5 Å². The number of aromatic nitrogens is 1. The summed E-state index contributed by atoms with van der Waals surface area (Å²) in [6, 6.07) is 0. The van der Waals surface area contributed by atoms with Crippen LogP contribution in [0.15, 0.2) is 0 Å². The highest BCUT2D eigenvalue weighted by Gasteiger charge is 2.22. The topological polar surface area (TPSA) is 42.2 Å². The molecule has 114 valence electrons. The predicted molar refractivity (Wildman–Crippen MR) is 88.5 cm³/mol. The van der Waals surface area contributed by atoms with Crippen LogP contribution < -0.4 is 10.6 Å². The molecule has 0 bridgehead atoms. The first kappa shape index (κ1) is 15.8. The average Bonchev–Trinajstić information content (AvgIpc) is 2.68. The van der Waals surface area contributed by atoms with Crippen molar-refractivity contribution in [2.45, 2.75) is 59.4 Å². The number of hydrogen-bond acceptors (Lipinski definition) is 4. The van der Waals surface area contributed by atoms with Gasteiger partial charge in [0.25, 0.3) is 0 Å². The van der Waals surface area contributed by atoms with Crippen molar-refractivity contribution < 1.29 is 0 Å². The molecule has 4 heteroatoms. The summed E-state index contributed by atoms with van der Waals surface area (Å²) >= 11 is 1.80. The van der Waals surface area contributed by atoms with E-state index in [2.05, 4.69) is 32.6 Å². The zero-order chi connectivity index (χ0) is 14.7. The van der Waals surface area contributed by atoms with Gasteiger partial charge in [-0.15, -0.1) is 11.3 Å². The standard InChI is InChI=1S/C16H29N3S/c1-11(2)13-6-5-8-19(9-7-13)16-18-15(12(3)4)14(10-17)20-16/h11-13H,5-10,17H2,1-4H3. The molecule has 3 nitrogen and oxygen atoms in total. The molecule has 1 aromatic rings. The van der Waals surface area contributed by atoms with E-state index in [0.717, 1.165) is 24.9 Å². The summed E-state index contributed by atoms with van der Waals surface area (Å²) in [5, 5.41) is 1.19. The molecule has 2 heterocycles. The molecule has 0 amide bonds. The Bertz CT molecular complexity index is 425. The van der Waals surface area contributed by atoms with Crippen molar-refractivity contribution in [1.82, 2.24) is 4.98 Å². The van der Waals surface area contributed by atoms with Crippen LogP contribution in [-0.2, 0) is 6.54 Å². The molecule has 1 aromatic heterocycles. The summed E-state index contributed by atoms with van der Waals surface area (Å²) < 4.78 is 0. The smallest absolute Gasteiger partial charge is 0.185 e. The molecule has 1 atom stereocenters. The normalized spacial score (nSPS) is 20.8. The Morgan fingerprint density at radius 1 is 1.25 bits per heavy atom. The van der Waals surface area contributed by atoms with E-state index in [4.69, 9.17) is 10.7 Å². The van der Waals surface area contributed by atoms with Gasteiger partial charge in [-0.1, -0.05) is 27.7 Å². The first-order valence-electron chi connectivity index (χ1n) is 7.97. The maximum Gasteiger partial charge on any atom is 0.185 e. The molecule has 0 radical (unpaired) electrons. The van der Waals surface area contributed by atoms with E-state index in [-0.39, 0.29) is 0 Å². The summed E-state index contributed by atoms with van der Waals surface area (Å²) in [4.78, 5) is 8.63. The first-order chi connectivity index (χ1) is 9.52. The molecule has 1 aliphatic rings. The summed E-state index contributed by atoms with van der Waals surface area (Å²) in [5.74, 6) is 2.14. The maximum absolute atomic E-state index is 5.88. The van der Waals surface area contributed by atoms with Crippen LogP contribution in [0.5, 0.6) is 0 Å². The third kappa shape index (κ3) is 3.53.